The Labute approximate surface area is 198 Å². The first-order chi connectivity index (χ1) is 16.7. The molecule has 5 rings (SSSR count). The van der Waals surface area contributed by atoms with Gasteiger partial charge in [0.2, 0.25) is 5.91 Å². The maximum absolute atomic E-state index is 12.3. The van der Waals surface area contributed by atoms with E-state index < -0.39 is 0 Å². The molecule has 0 radical (unpaired) electrons. The average molecular weight is 455 g/mol. The van der Waals surface area contributed by atoms with Crippen LogP contribution in [0.5, 0.6) is 0 Å². The summed E-state index contributed by atoms with van der Waals surface area (Å²) >= 11 is 0. The van der Waals surface area contributed by atoms with E-state index in [9.17, 15) is 9.90 Å². The Morgan fingerprint density at radius 2 is 1.82 bits per heavy atom. The van der Waals surface area contributed by atoms with E-state index in [4.69, 9.17) is 9.72 Å². The Hall–Kier alpha value is -3.81. The Morgan fingerprint density at radius 1 is 1.03 bits per heavy atom. The van der Waals surface area contributed by atoms with Crippen LogP contribution in [0.3, 0.4) is 0 Å². The van der Waals surface area contributed by atoms with Crippen molar-refractivity contribution in [3.8, 4) is 11.1 Å². The fourth-order valence-electron chi connectivity index (χ4n) is 4.10. The van der Waals surface area contributed by atoms with E-state index in [-0.39, 0.29) is 18.6 Å². The van der Waals surface area contributed by atoms with E-state index in [1.807, 2.05) is 72.8 Å². The van der Waals surface area contributed by atoms with Crippen molar-refractivity contribution in [3.05, 3.63) is 84.6 Å². The number of hydrogen-bond acceptors (Lipinski definition) is 6. The maximum atomic E-state index is 12.3. The predicted molar refractivity (Wildman–Crippen MR) is 133 cm³/mol. The van der Waals surface area contributed by atoms with Gasteiger partial charge in [-0.25, -0.2) is 4.98 Å². The lowest BCUT2D eigenvalue weighted by Gasteiger charge is -2.32. The molecule has 7 heteroatoms. The average Bonchev–Trinajstić information content (AvgIpc) is 2.89. The zero-order chi connectivity index (χ0) is 23.3. The Balaban J connectivity index is 1.31. The number of aromatic nitrogens is 2. The number of amides is 1. The number of aliphatic hydroxyl groups excluding tert-OH is 1. The van der Waals surface area contributed by atoms with Gasteiger partial charge in [-0.15, -0.1) is 0 Å². The molecule has 0 saturated carbocycles. The summed E-state index contributed by atoms with van der Waals surface area (Å²) in [6.07, 6.45) is 1.91. The van der Waals surface area contributed by atoms with Crippen molar-refractivity contribution in [2.24, 2.45) is 0 Å². The first-order valence-electron chi connectivity index (χ1n) is 11.4. The van der Waals surface area contributed by atoms with Crippen molar-refractivity contribution in [2.75, 3.05) is 36.5 Å². The number of carbonyl (C=O) groups is 1. The van der Waals surface area contributed by atoms with E-state index in [0.717, 1.165) is 39.2 Å². The fourth-order valence-corrected chi connectivity index (χ4v) is 4.10. The van der Waals surface area contributed by atoms with Gasteiger partial charge in [0.1, 0.15) is 5.82 Å². The minimum atomic E-state index is -0.204. The molecule has 1 saturated heterocycles. The standard InChI is InChI=1S/C27H26N4O3/c32-18-23-17-31(12-13-34-23)26-16-28-24-11-8-21(15-25(24)30-26)20-6-9-22(10-7-20)29-27(33)14-19-4-2-1-3-5-19/h1-11,15-16,23,32H,12-14,17-18H2,(H,29,33). The summed E-state index contributed by atoms with van der Waals surface area (Å²) in [7, 11) is 0. The second kappa shape index (κ2) is 9.99. The fraction of sp³-hybridized carbons (Fsp3) is 0.222. The summed E-state index contributed by atoms with van der Waals surface area (Å²) in [4.78, 5) is 23.8. The Kier molecular flexibility index (Phi) is 6.46. The number of aliphatic hydroxyl groups is 1. The molecule has 3 aromatic carbocycles. The minimum absolute atomic E-state index is 0.00956. The van der Waals surface area contributed by atoms with Crippen LogP contribution >= 0.6 is 0 Å². The molecular formula is C27H26N4O3. The van der Waals surface area contributed by atoms with Crippen LogP contribution in [-0.4, -0.2) is 53.4 Å². The molecule has 2 N–H and O–H groups in total. The quantitative estimate of drug-likeness (QED) is 0.462. The second-order valence-corrected chi connectivity index (χ2v) is 8.34. The predicted octanol–water partition coefficient (Wildman–Crippen LogP) is 3.68. The number of anilines is 2. The molecule has 2 heterocycles. The molecule has 7 nitrogen and oxygen atoms in total. The molecule has 172 valence electrons. The molecule has 1 amide bonds. The van der Waals surface area contributed by atoms with Crippen LogP contribution in [0.2, 0.25) is 0 Å². The van der Waals surface area contributed by atoms with E-state index in [1.165, 1.54) is 0 Å². The van der Waals surface area contributed by atoms with Crippen LogP contribution in [0.4, 0.5) is 11.5 Å². The highest BCUT2D eigenvalue weighted by atomic mass is 16.5. The molecule has 1 aromatic heterocycles. The topological polar surface area (TPSA) is 87.6 Å². The van der Waals surface area contributed by atoms with Crippen LogP contribution in [-0.2, 0) is 16.0 Å². The zero-order valence-corrected chi connectivity index (χ0v) is 18.7. The number of carbonyl (C=O) groups excluding carboxylic acids is 1. The van der Waals surface area contributed by atoms with Gasteiger partial charge in [0.05, 0.1) is 43.0 Å². The van der Waals surface area contributed by atoms with Crippen molar-refractivity contribution < 1.29 is 14.6 Å². The highest BCUT2D eigenvalue weighted by molar-refractivity contribution is 5.92. The van der Waals surface area contributed by atoms with Crippen LogP contribution in [0, 0.1) is 0 Å². The van der Waals surface area contributed by atoms with Gasteiger partial charge in [-0.2, -0.15) is 0 Å². The molecule has 1 fully saturated rings. The smallest absolute Gasteiger partial charge is 0.228 e. The lowest BCUT2D eigenvalue weighted by Crippen LogP contribution is -2.44. The number of nitrogens with zero attached hydrogens (tertiary/aromatic N) is 3. The van der Waals surface area contributed by atoms with Gasteiger partial charge in [-0.1, -0.05) is 48.5 Å². The Morgan fingerprint density at radius 3 is 2.62 bits per heavy atom. The SMILES string of the molecule is O=C(Cc1ccccc1)Nc1ccc(-c2ccc3ncc(N4CCOC(CO)C4)nc3c2)cc1. The first-order valence-corrected chi connectivity index (χ1v) is 11.4. The van der Waals surface area contributed by atoms with Crippen molar-refractivity contribution in [1.82, 2.24) is 9.97 Å². The van der Waals surface area contributed by atoms with Crippen molar-refractivity contribution in [1.29, 1.82) is 0 Å². The molecule has 4 aromatic rings. The van der Waals surface area contributed by atoms with Gasteiger partial charge in [0.25, 0.3) is 0 Å². The summed E-state index contributed by atoms with van der Waals surface area (Å²) < 4.78 is 5.54. The molecule has 1 atom stereocenters. The first kappa shape index (κ1) is 22.0. The third-order valence-electron chi connectivity index (χ3n) is 5.91. The van der Waals surface area contributed by atoms with Crippen LogP contribution in [0.1, 0.15) is 5.56 Å². The third-order valence-corrected chi connectivity index (χ3v) is 5.91. The number of morpholine rings is 1. The summed E-state index contributed by atoms with van der Waals surface area (Å²) in [5.74, 6) is 0.738. The summed E-state index contributed by atoms with van der Waals surface area (Å²) in [5, 5.41) is 12.4. The van der Waals surface area contributed by atoms with Crippen LogP contribution in [0.15, 0.2) is 79.0 Å². The molecule has 1 unspecified atom stereocenters. The Bertz CT molecular complexity index is 1280. The van der Waals surface area contributed by atoms with Gasteiger partial charge in [-0.3, -0.25) is 9.78 Å². The molecule has 1 aliphatic rings. The summed E-state index contributed by atoms with van der Waals surface area (Å²) in [6, 6.07) is 23.5. The van der Waals surface area contributed by atoms with Crippen molar-refractivity contribution in [3.63, 3.8) is 0 Å². The number of rotatable bonds is 6. The molecule has 0 bridgehead atoms. The zero-order valence-electron chi connectivity index (χ0n) is 18.7. The van der Waals surface area contributed by atoms with E-state index in [2.05, 4.69) is 15.2 Å². The molecule has 34 heavy (non-hydrogen) atoms. The highest BCUT2D eigenvalue weighted by Gasteiger charge is 2.21. The van der Waals surface area contributed by atoms with Crippen molar-refractivity contribution >= 4 is 28.4 Å². The maximum Gasteiger partial charge on any atom is 0.228 e. The van der Waals surface area contributed by atoms with Gasteiger partial charge in [0, 0.05) is 18.8 Å². The number of hydrogen-bond donors (Lipinski definition) is 2. The van der Waals surface area contributed by atoms with Gasteiger partial charge < -0.3 is 20.1 Å². The number of benzene rings is 3. The third kappa shape index (κ3) is 5.06. The summed E-state index contributed by atoms with van der Waals surface area (Å²) in [6.45, 7) is 1.85. The second-order valence-electron chi connectivity index (χ2n) is 8.34. The molecule has 1 aliphatic heterocycles. The summed E-state index contributed by atoms with van der Waals surface area (Å²) in [5.41, 5.74) is 5.43. The van der Waals surface area contributed by atoms with Crippen LogP contribution in [0.25, 0.3) is 22.2 Å². The minimum Gasteiger partial charge on any atom is -0.394 e. The van der Waals surface area contributed by atoms with Gasteiger partial charge in [0.15, 0.2) is 0 Å². The van der Waals surface area contributed by atoms with E-state index >= 15 is 0 Å². The van der Waals surface area contributed by atoms with E-state index in [0.29, 0.717) is 26.1 Å². The largest absolute Gasteiger partial charge is 0.394 e. The monoisotopic (exact) mass is 454 g/mol. The number of ether oxygens (including phenoxy) is 1. The number of nitrogens with one attached hydrogen (secondary N) is 1. The van der Waals surface area contributed by atoms with E-state index in [1.54, 1.807) is 6.20 Å². The van der Waals surface area contributed by atoms with Gasteiger partial charge in [-0.05, 0) is 41.0 Å². The van der Waals surface area contributed by atoms with Crippen molar-refractivity contribution in [2.45, 2.75) is 12.5 Å². The van der Waals surface area contributed by atoms with Crippen LogP contribution < -0.4 is 10.2 Å². The molecule has 0 spiro atoms. The normalized spacial score (nSPS) is 15.9. The lowest BCUT2D eigenvalue weighted by molar-refractivity contribution is -0.115. The highest BCUT2D eigenvalue weighted by Crippen LogP contribution is 2.26. The molecule has 0 aliphatic carbocycles. The van der Waals surface area contributed by atoms with Gasteiger partial charge >= 0.3 is 0 Å². The number of fused-ring (bicyclic) bond motifs is 1. The molecular weight excluding hydrogens is 428 g/mol. The lowest BCUT2D eigenvalue weighted by atomic mass is 10.0.